The number of nitrogens with one attached hydrogen (secondary N) is 1. The van der Waals surface area contributed by atoms with E-state index in [1.165, 1.54) is 23.6 Å². The van der Waals surface area contributed by atoms with E-state index in [0.29, 0.717) is 0 Å². The highest BCUT2D eigenvalue weighted by Crippen LogP contribution is 2.20. The monoisotopic (exact) mass is 428 g/mol. The van der Waals surface area contributed by atoms with Gasteiger partial charge in [0.2, 0.25) is 15.9 Å². The van der Waals surface area contributed by atoms with Gasteiger partial charge in [-0.3, -0.25) is 4.79 Å². The van der Waals surface area contributed by atoms with Crippen molar-refractivity contribution < 1.29 is 13.2 Å². The molecule has 0 saturated heterocycles. The van der Waals surface area contributed by atoms with Gasteiger partial charge in [-0.25, -0.2) is 8.42 Å². The van der Waals surface area contributed by atoms with Gasteiger partial charge in [0.05, 0.1) is 11.4 Å². The Morgan fingerprint density at radius 3 is 2.17 bits per heavy atom. The molecule has 0 heterocycles. The van der Waals surface area contributed by atoms with E-state index < -0.39 is 10.0 Å². The van der Waals surface area contributed by atoms with Gasteiger partial charge >= 0.3 is 0 Å². The molecule has 162 valence electrons. The van der Waals surface area contributed by atoms with E-state index in [0.717, 1.165) is 36.8 Å². The number of hydrogen-bond acceptors (Lipinski definition) is 3. The van der Waals surface area contributed by atoms with Crippen LogP contribution in [0.5, 0.6) is 0 Å². The topological polar surface area (TPSA) is 66.5 Å². The molecule has 2 aromatic rings. The van der Waals surface area contributed by atoms with E-state index in [1.807, 2.05) is 37.3 Å². The summed E-state index contributed by atoms with van der Waals surface area (Å²) in [5, 5.41) is 3.09. The lowest BCUT2D eigenvalue weighted by molar-refractivity contribution is -0.122. The van der Waals surface area contributed by atoms with Crippen molar-refractivity contribution >= 4 is 15.9 Å². The van der Waals surface area contributed by atoms with Gasteiger partial charge in [-0.15, -0.1) is 0 Å². The Morgan fingerprint density at radius 2 is 1.53 bits per heavy atom. The smallest absolute Gasteiger partial charge is 0.243 e. The first-order chi connectivity index (χ1) is 14.4. The maximum absolute atomic E-state index is 13.3. The fourth-order valence-electron chi connectivity index (χ4n) is 3.91. The molecule has 1 amide bonds. The molecule has 30 heavy (non-hydrogen) atoms. The summed E-state index contributed by atoms with van der Waals surface area (Å²) in [6.45, 7) is 1.90. The minimum atomic E-state index is -3.79. The Hall–Kier alpha value is -2.18. The third kappa shape index (κ3) is 6.41. The minimum absolute atomic E-state index is 0.137. The summed E-state index contributed by atoms with van der Waals surface area (Å²) in [5.41, 5.74) is 1.84. The molecule has 1 aliphatic carbocycles. The van der Waals surface area contributed by atoms with Gasteiger partial charge in [-0.1, -0.05) is 80.1 Å². The molecule has 6 heteroatoms. The number of carbonyl (C=O) groups excluding carboxylic acids is 1. The molecule has 0 spiro atoms. The standard InChI is InChI=1S/C24H32N2O3S/c1-20-14-16-23(17-15-20)30(28,29)26(18-21-10-6-5-7-11-21)19-24(27)25-22-12-8-3-2-4-9-13-22/h5-7,10-11,14-17,22H,2-4,8-9,12-13,18-19H2,1H3,(H,25,27). The number of sulfonamides is 1. The van der Waals surface area contributed by atoms with Crippen molar-refractivity contribution in [3.8, 4) is 0 Å². The molecule has 5 nitrogen and oxygen atoms in total. The Bertz CT molecular complexity index is 903. The van der Waals surface area contributed by atoms with Crippen molar-refractivity contribution in [1.82, 2.24) is 9.62 Å². The maximum Gasteiger partial charge on any atom is 0.243 e. The van der Waals surface area contributed by atoms with Crippen molar-refractivity contribution in [1.29, 1.82) is 0 Å². The highest BCUT2D eigenvalue weighted by molar-refractivity contribution is 7.89. The third-order valence-electron chi connectivity index (χ3n) is 5.65. The fraction of sp³-hybridized carbons (Fsp3) is 0.458. The lowest BCUT2D eigenvalue weighted by Crippen LogP contribution is -2.44. The average Bonchev–Trinajstić information content (AvgIpc) is 2.70. The summed E-state index contributed by atoms with van der Waals surface area (Å²) in [5.74, 6) is -0.229. The molecule has 3 rings (SSSR count). The van der Waals surface area contributed by atoms with Crippen LogP contribution in [-0.2, 0) is 21.4 Å². The van der Waals surface area contributed by atoms with Crippen LogP contribution in [0.25, 0.3) is 0 Å². The predicted octanol–water partition coefficient (Wildman–Crippen LogP) is 4.42. The van der Waals surface area contributed by atoms with Crippen molar-refractivity contribution in [2.45, 2.75) is 69.4 Å². The second-order valence-corrected chi connectivity index (χ2v) is 10.1. The van der Waals surface area contributed by atoms with Gasteiger partial charge in [-0.05, 0) is 37.5 Å². The Labute approximate surface area is 180 Å². The summed E-state index contributed by atoms with van der Waals surface area (Å²) in [7, 11) is -3.79. The molecular formula is C24H32N2O3S. The minimum Gasteiger partial charge on any atom is -0.352 e. The lowest BCUT2D eigenvalue weighted by atomic mass is 9.97. The van der Waals surface area contributed by atoms with Crippen LogP contribution in [0.15, 0.2) is 59.5 Å². The van der Waals surface area contributed by atoms with Gasteiger partial charge in [0.1, 0.15) is 0 Å². The molecule has 0 atom stereocenters. The first-order valence-corrected chi connectivity index (χ1v) is 12.3. The van der Waals surface area contributed by atoms with Gasteiger partial charge < -0.3 is 5.32 Å². The van der Waals surface area contributed by atoms with Crippen LogP contribution in [0.4, 0.5) is 0 Å². The molecule has 0 bridgehead atoms. The van der Waals surface area contributed by atoms with Crippen molar-refractivity contribution in [3.05, 3.63) is 65.7 Å². The van der Waals surface area contributed by atoms with Crippen LogP contribution in [-0.4, -0.2) is 31.2 Å². The number of rotatable bonds is 7. The first kappa shape index (κ1) is 22.5. The summed E-state index contributed by atoms with van der Waals surface area (Å²) in [6.07, 6.45) is 7.83. The average molecular weight is 429 g/mol. The lowest BCUT2D eigenvalue weighted by Gasteiger charge is -2.25. The highest BCUT2D eigenvalue weighted by Gasteiger charge is 2.27. The van der Waals surface area contributed by atoms with E-state index >= 15 is 0 Å². The van der Waals surface area contributed by atoms with Crippen LogP contribution in [0.1, 0.15) is 56.1 Å². The molecule has 1 N–H and O–H groups in total. The number of aryl methyl sites for hydroxylation is 1. The van der Waals surface area contributed by atoms with E-state index in [-0.39, 0.29) is 29.9 Å². The van der Waals surface area contributed by atoms with E-state index in [9.17, 15) is 13.2 Å². The molecule has 0 aromatic heterocycles. The van der Waals surface area contributed by atoms with Crippen LogP contribution in [0, 0.1) is 6.92 Å². The van der Waals surface area contributed by atoms with Crippen molar-refractivity contribution in [2.75, 3.05) is 6.54 Å². The largest absolute Gasteiger partial charge is 0.352 e. The molecule has 1 saturated carbocycles. The third-order valence-corrected chi connectivity index (χ3v) is 7.46. The zero-order valence-corrected chi connectivity index (χ0v) is 18.5. The fourth-order valence-corrected chi connectivity index (χ4v) is 5.29. The van der Waals surface area contributed by atoms with Crippen molar-refractivity contribution in [3.63, 3.8) is 0 Å². The number of carbonyl (C=O) groups is 1. The predicted molar refractivity (Wildman–Crippen MR) is 119 cm³/mol. The summed E-state index contributed by atoms with van der Waals surface area (Å²) in [4.78, 5) is 13.0. The van der Waals surface area contributed by atoms with Crippen LogP contribution >= 0.6 is 0 Å². The second-order valence-electron chi connectivity index (χ2n) is 8.18. The maximum atomic E-state index is 13.3. The summed E-state index contributed by atoms with van der Waals surface area (Å²) in [6, 6.07) is 16.3. The number of hydrogen-bond donors (Lipinski definition) is 1. The van der Waals surface area contributed by atoms with E-state index in [2.05, 4.69) is 5.32 Å². The van der Waals surface area contributed by atoms with Crippen LogP contribution in [0.2, 0.25) is 0 Å². The van der Waals surface area contributed by atoms with Crippen molar-refractivity contribution in [2.24, 2.45) is 0 Å². The van der Waals surface area contributed by atoms with Gasteiger partial charge in [0.25, 0.3) is 0 Å². The molecular weight excluding hydrogens is 396 g/mol. The van der Waals surface area contributed by atoms with E-state index in [4.69, 9.17) is 0 Å². The summed E-state index contributed by atoms with van der Waals surface area (Å²) < 4.78 is 27.9. The normalized spacial score (nSPS) is 16.1. The first-order valence-electron chi connectivity index (χ1n) is 10.9. The molecule has 2 aromatic carbocycles. The zero-order chi connectivity index (χ0) is 21.4. The Kier molecular flexibility index (Phi) is 8.05. The molecule has 1 aliphatic rings. The Balaban J connectivity index is 1.76. The van der Waals surface area contributed by atoms with E-state index in [1.54, 1.807) is 24.3 Å². The van der Waals surface area contributed by atoms with Crippen LogP contribution in [0.3, 0.4) is 0 Å². The zero-order valence-electron chi connectivity index (χ0n) is 17.7. The molecule has 0 radical (unpaired) electrons. The number of amides is 1. The molecule has 0 aliphatic heterocycles. The SMILES string of the molecule is Cc1ccc(S(=O)(=O)N(CC(=O)NC2CCCCCCC2)Cc2ccccc2)cc1. The van der Waals surface area contributed by atoms with Crippen LogP contribution < -0.4 is 5.32 Å². The number of benzene rings is 2. The number of nitrogens with zero attached hydrogens (tertiary/aromatic N) is 1. The highest BCUT2D eigenvalue weighted by atomic mass is 32.2. The summed E-state index contributed by atoms with van der Waals surface area (Å²) >= 11 is 0. The van der Waals surface area contributed by atoms with Gasteiger partial charge in [-0.2, -0.15) is 4.31 Å². The second kappa shape index (κ2) is 10.7. The Morgan fingerprint density at radius 1 is 0.933 bits per heavy atom. The molecule has 1 fully saturated rings. The van der Waals surface area contributed by atoms with Gasteiger partial charge in [0, 0.05) is 12.6 Å². The quantitative estimate of drug-likeness (QED) is 0.710. The molecule has 0 unspecified atom stereocenters. The van der Waals surface area contributed by atoms with Gasteiger partial charge in [0.15, 0.2) is 0 Å².